The standard InChI is InChI=1S/C29H29F2N5O3/c1-29(2)28(39)36(24(15-33-29)19-11-21(30)14-22(31)12-19)16-26(37)34-23-7-6-17-9-20(10-18(17)13-23)27(38)35-25-5-3-4-8-32-25/h3-8,11-14,20,24,33H,9-10,15-16H2,1-2H3,(H,34,37)(H,32,35,38). The number of fused-ring (bicyclic) bond motifs is 1. The molecule has 1 saturated heterocycles. The second-order valence-electron chi connectivity index (χ2n) is 10.5. The van der Waals surface area contributed by atoms with E-state index in [4.69, 9.17) is 0 Å². The molecule has 0 saturated carbocycles. The summed E-state index contributed by atoms with van der Waals surface area (Å²) in [5.74, 6) is -2.17. The quantitative estimate of drug-likeness (QED) is 0.449. The molecular formula is C29H29F2N5O3. The van der Waals surface area contributed by atoms with Gasteiger partial charge in [-0.25, -0.2) is 13.8 Å². The van der Waals surface area contributed by atoms with Gasteiger partial charge in [-0.1, -0.05) is 12.1 Å². The first-order valence-corrected chi connectivity index (χ1v) is 12.7. The molecule has 0 bridgehead atoms. The summed E-state index contributed by atoms with van der Waals surface area (Å²) < 4.78 is 27.9. The zero-order chi connectivity index (χ0) is 27.7. The zero-order valence-electron chi connectivity index (χ0n) is 21.6. The molecule has 2 aliphatic rings. The summed E-state index contributed by atoms with van der Waals surface area (Å²) in [7, 11) is 0. The summed E-state index contributed by atoms with van der Waals surface area (Å²) in [6.45, 7) is 3.34. The van der Waals surface area contributed by atoms with E-state index in [1.54, 1.807) is 44.3 Å². The highest BCUT2D eigenvalue weighted by Crippen LogP contribution is 2.31. The molecule has 39 heavy (non-hydrogen) atoms. The van der Waals surface area contributed by atoms with E-state index in [0.29, 0.717) is 24.3 Å². The number of hydrogen-bond donors (Lipinski definition) is 3. The first kappa shape index (κ1) is 26.4. The Bertz CT molecular complexity index is 1410. The van der Waals surface area contributed by atoms with Crippen molar-refractivity contribution >= 4 is 29.2 Å². The van der Waals surface area contributed by atoms with E-state index in [1.165, 1.54) is 17.0 Å². The van der Waals surface area contributed by atoms with Gasteiger partial charge >= 0.3 is 0 Å². The Hall–Kier alpha value is -4.18. The van der Waals surface area contributed by atoms with E-state index in [0.717, 1.165) is 17.2 Å². The summed E-state index contributed by atoms with van der Waals surface area (Å²) in [4.78, 5) is 44.5. The number of hydrogen-bond acceptors (Lipinski definition) is 5. The van der Waals surface area contributed by atoms with Crippen molar-refractivity contribution in [3.63, 3.8) is 0 Å². The molecule has 2 heterocycles. The van der Waals surface area contributed by atoms with Crippen LogP contribution in [0, 0.1) is 17.6 Å². The van der Waals surface area contributed by atoms with Crippen molar-refractivity contribution in [2.75, 3.05) is 23.7 Å². The van der Waals surface area contributed by atoms with Crippen molar-refractivity contribution in [3.05, 3.63) is 89.1 Å². The maximum Gasteiger partial charge on any atom is 0.244 e. The second-order valence-corrected chi connectivity index (χ2v) is 10.5. The van der Waals surface area contributed by atoms with Crippen LogP contribution in [0.5, 0.6) is 0 Å². The average molecular weight is 534 g/mol. The van der Waals surface area contributed by atoms with Gasteiger partial charge in [-0.05, 0) is 79.8 Å². The third-order valence-corrected chi connectivity index (χ3v) is 7.20. The lowest BCUT2D eigenvalue weighted by molar-refractivity contribution is -0.146. The van der Waals surface area contributed by atoms with Crippen LogP contribution in [0.4, 0.5) is 20.3 Å². The van der Waals surface area contributed by atoms with Crippen LogP contribution in [-0.2, 0) is 27.2 Å². The molecule has 0 radical (unpaired) electrons. The Kier molecular flexibility index (Phi) is 7.14. The van der Waals surface area contributed by atoms with Gasteiger partial charge in [-0.2, -0.15) is 0 Å². The lowest BCUT2D eigenvalue weighted by atomic mass is 9.93. The van der Waals surface area contributed by atoms with Crippen LogP contribution in [0.3, 0.4) is 0 Å². The van der Waals surface area contributed by atoms with Gasteiger partial charge in [-0.15, -0.1) is 0 Å². The number of nitrogens with zero attached hydrogens (tertiary/aromatic N) is 2. The first-order chi connectivity index (χ1) is 18.6. The van der Waals surface area contributed by atoms with Gasteiger partial charge in [-0.3, -0.25) is 14.4 Å². The lowest BCUT2D eigenvalue weighted by Crippen LogP contribution is -2.63. The minimum absolute atomic E-state index is 0.116. The molecule has 1 aliphatic carbocycles. The van der Waals surface area contributed by atoms with Crippen molar-refractivity contribution in [1.82, 2.24) is 15.2 Å². The van der Waals surface area contributed by atoms with Crippen LogP contribution < -0.4 is 16.0 Å². The molecule has 1 aromatic heterocycles. The van der Waals surface area contributed by atoms with Crippen LogP contribution in [0.25, 0.3) is 0 Å². The van der Waals surface area contributed by atoms with Gasteiger partial charge in [0.15, 0.2) is 0 Å². The Morgan fingerprint density at radius 1 is 1.03 bits per heavy atom. The van der Waals surface area contributed by atoms with Crippen molar-refractivity contribution < 1.29 is 23.2 Å². The number of piperazine rings is 1. The van der Waals surface area contributed by atoms with Crippen molar-refractivity contribution in [3.8, 4) is 0 Å². The molecule has 3 aromatic rings. The number of nitrogens with one attached hydrogen (secondary N) is 3. The van der Waals surface area contributed by atoms with Gasteiger partial charge < -0.3 is 20.9 Å². The zero-order valence-corrected chi connectivity index (χ0v) is 21.6. The summed E-state index contributed by atoms with van der Waals surface area (Å²) in [5, 5.41) is 8.77. The maximum atomic E-state index is 13.9. The van der Waals surface area contributed by atoms with Crippen LogP contribution in [0.15, 0.2) is 60.8 Å². The third kappa shape index (κ3) is 5.80. The third-order valence-electron chi connectivity index (χ3n) is 7.20. The monoisotopic (exact) mass is 533 g/mol. The van der Waals surface area contributed by atoms with E-state index in [1.807, 2.05) is 12.1 Å². The number of halogens is 2. The topological polar surface area (TPSA) is 103 Å². The van der Waals surface area contributed by atoms with Crippen LogP contribution in [0.2, 0.25) is 0 Å². The SMILES string of the molecule is CC1(C)NCC(c2cc(F)cc(F)c2)N(CC(=O)Nc2ccc3c(c2)CC(C(=O)Nc2ccccn2)C3)C1=O. The number of benzene rings is 2. The number of anilines is 2. The molecule has 0 spiro atoms. The number of amides is 3. The van der Waals surface area contributed by atoms with E-state index in [-0.39, 0.29) is 36.4 Å². The van der Waals surface area contributed by atoms with E-state index in [2.05, 4.69) is 20.9 Å². The summed E-state index contributed by atoms with van der Waals surface area (Å²) in [5.41, 5.74) is 1.85. The summed E-state index contributed by atoms with van der Waals surface area (Å²) in [6.07, 6.45) is 2.72. The van der Waals surface area contributed by atoms with Crippen LogP contribution >= 0.6 is 0 Å². The molecule has 2 unspecified atom stereocenters. The van der Waals surface area contributed by atoms with Gasteiger partial charge in [0.05, 0.1) is 11.6 Å². The number of pyridine rings is 1. The summed E-state index contributed by atoms with van der Waals surface area (Å²) in [6, 6.07) is 13.2. The number of carbonyl (C=O) groups is 3. The Morgan fingerprint density at radius 3 is 2.49 bits per heavy atom. The van der Waals surface area contributed by atoms with E-state index in [9.17, 15) is 23.2 Å². The van der Waals surface area contributed by atoms with Crippen molar-refractivity contribution in [2.24, 2.45) is 5.92 Å². The molecular weight excluding hydrogens is 504 g/mol. The molecule has 2 aromatic carbocycles. The average Bonchev–Trinajstić information content (AvgIpc) is 3.31. The minimum Gasteiger partial charge on any atom is -0.325 e. The molecule has 3 N–H and O–H groups in total. The smallest absolute Gasteiger partial charge is 0.244 e. The van der Waals surface area contributed by atoms with Gasteiger partial charge in [0.25, 0.3) is 0 Å². The molecule has 8 nitrogen and oxygen atoms in total. The molecule has 3 amide bonds. The molecule has 202 valence electrons. The Morgan fingerprint density at radius 2 is 1.77 bits per heavy atom. The molecule has 1 fully saturated rings. The maximum absolute atomic E-state index is 13.9. The second kappa shape index (κ2) is 10.5. The highest BCUT2D eigenvalue weighted by molar-refractivity contribution is 5.97. The highest BCUT2D eigenvalue weighted by Gasteiger charge is 2.42. The number of rotatable bonds is 6. The molecule has 5 rings (SSSR count). The first-order valence-electron chi connectivity index (χ1n) is 12.7. The minimum atomic E-state index is -0.943. The van der Waals surface area contributed by atoms with Crippen LogP contribution in [0.1, 0.15) is 36.6 Å². The fraction of sp³-hybridized carbons (Fsp3) is 0.310. The molecule has 2 atom stereocenters. The Labute approximate surface area is 224 Å². The number of aromatic nitrogens is 1. The largest absolute Gasteiger partial charge is 0.325 e. The van der Waals surface area contributed by atoms with E-state index < -0.39 is 29.1 Å². The lowest BCUT2D eigenvalue weighted by Gasteiger charge is -2.43. The predicted octanol–water partition coefficient (Wildman–Crippen LogP) is 3.60. The van der Waals surface area contributed by atoms with Crippen molar-refractivity contribution in [1.29, 1.82) is 0 Å². The van der Waals surface area contributed by atoms with Crippen molar-refractivity contribution in [2.45, 2.75) is 38.3 Å². The normalized spacial score (nSPS) is 19.9. The Balaban J connectivity index is 1.27. The van der Waals surface area contributed by atoms with Gasteiger partial charge in [0.2, 0.25) is 17.7 Å². The predicted molar refractivity (Wildman–Crippen MR) is 142 cm³/mol. The highest BCUT2D eigenvalue weighted by atomic mass is 19.1. The number of carbonyl (C=O) groups excluding carboxylic acids is 3. The van der Waals surface area contributed by atoms with E-state index >= 15 is 0 Å². The summed E-state index contributed by atoms with van der Waals surface area (Å²) >= 11 is 0. The fourth-order valence-electron chi connectivity index (χ4n) is 5.19. The molecule has 1 aliphatic heterocycles. The molecule has 10 heteroatoms. The van der Waals surface area contributed by atoms with Gasteiger partial charge in [0.1, 0.15) is 24.0 Å². The fourth-order valence-corrected chi connectivity index (χ4v) is 5.19. The van der Waals surface area contributed by atoms with Gasteiger partial charge in [0, 0.05) is 30.4 Å². The van der Waals surface area contributed by atoms with Crippen LogP contribution in [-0.4, -0.2) is 46.2 Å².